The molecule has 1 aromatic heterocycles. The van der Waals surface area contributed by atoms with E-state index in [2.05, 4.69) is 9.69 Å². The number of anilines is 1. The van der Waals surface area contributed by atoms with Gasteiger partial charge in [-0.1, -0.05) is 12.1 Å². The fourth-order valence-electron chi connectivity index (χ4n) is 2.60. The molecular weight excluding hydrogens is 291 g/mol. The first-order valence-corrected chi connectivity index (χ1v) is 7.57. The molecule has 110 valence electrons. The van der Waals surface area contributed by atoms with Crippen LogP contribution < -0.4 is 10.1 Å². The van der Waals surface area contributed by atoms with Crippen LogP contribution in [0.15, 0.2) is 29.6 Å². The number of halogens is 1. The highest BCUT2D eigenvalue weighted by atomic mass is 32.1. The third kappa shape index (κ3) is 2.76. The molecule has 2 aromatic rings. The molecule has 3 rings (SSSR count). The summed E-state index contributed by atoms with van der Waals surface area (Å²) >= 11 is 1.24. The number of hydrogen-bond donors (Lipinski definition) is 1. The molecule has 1 fully saturated rings. The van der Waals surface area contributed by atoms with Gasteiger partial charge in [0.25, 0.3) is 0 Å². The minimum Gasteiger partial charge on any atom is -0.479 e. The van der Waals surface area contributed by atoms with Crippen molar-refractivity contribution in [2.45, 2.75) is 18.8 Å². The summed E-state index contributed by atoms with van der Waals surface area (Å²) in [6.45, 7) is 0. The molecule has 1 aliphatic carbocycles. The maximum atomic E-state index is 13.0. The second-order valence-electron chi connectivity index (χ2n) is 5.07. The number of amides is 1. The first kappa shape index (κ1) is 14.0. The lowest BCUT2D eigenvalue weighted by Crippen LogP contribution is -2.35. The summed E-state index contributed by atoms with van der Waals surface area (Å²) in [4.78, 5) is 12.3. The van der Waals surface area contributed by atoms with E-state index in [4.69, 9.17) is 4.74 Å². The second kappa shape index (κ2) is 5.81. The van der Waals surface area contributed by atoms with Crippen LogP contribution in [0.5, 0.6) is 5.88 Å². The largest absolute Gasteiger partial charge is 0.479 e. The summed E-state index contributed by atoms with van der Waals surface area (Å²) in [7, 11) is 1.52. The van der Waals surface area contributed by atoms with Gasteiger partial charge in [-0.3, -0.25) is 4.79 Å². The molecule has 2 unspecified atom stereocenters. The number of methoxy groups -OCH3 is 1. The van der Waals surface area contributed by atoms with Gasteiger partial charge in [0.2, 0.25) is 11.8 Å². The van der Waals surface area contributed by atoms with Crippen LogP contribution >= 0.6 is 11.5 Å². The molecule has 1 amide bonds. The number of hydrogen-bond acceptors (Lipinski definition) is 4. The van der Waals surface area contributed by atoms with Crippen molar-refractivity contribution in [2.24, 2.45) is 5.92 Å². The Balaban J connectivity index is 1.69. The zero-order chi connectivity index (χ0) is 14.8. The lowest BCUT2D eigenvalue weighted by atomic mass is 9.69. The number of aromatic nitrogens is 1. The van der Waals surface area contributed by atoms with Crippen molar-refractivity contribution in [3.05, 3.63) is 41.0 Å². The van der Waals surface area contributed by atoms with Crippen molar-refractivity contribution in [3.8, 4) is 5.88 Å². The van der Waals surface area contributed by atoms with Gasteiger partial charge in [0, 0.05) is 11.3 Å². The molecule has 1 N–H and O–H groups in total. The zero-order valence-electron chi connectivity index (χ0n) is 11.5. The Hall–Kier alpha value is -1.95. The Morgan fingerprint density at radius 2 is 2.14 bits per heavy atom. The van der Waals surface area contributed by atoms with Gasteiger partial charge in [0.05, 0.1) is 7.11 Å². The van der Waals surface area contributed by atoms with Gasteiger partial charge < -0.3 is 10.1 Å². The summed E-state index contributed by atoms with van der Waals surface area (Å²) in [5.41, 5.74) is 1.62. The monoisotopic (exact) mass is 306 g/mol. The Kier molecular flexibility index (Phi) is 3.88. The molecule has 0 saturated heterocycles. The van der Waals surface area contributed by atoms with Gasteiger partial charge in [-0.2, -0.15) is 4.37 Å². The van der Waals surface area contributed by atoms with E-state index in [1.54, 1.807) is 17.5 Å². The first-order valence-electron chi connectivity index (χ1n) is 6.73. The highest BCUT2D eigenvalue weighted by Crippen LogP contribution is 2.43. The molecule has 0 spiro atoms. The van der Waals surface area contributed by atoms with Crippen molar-refractivity contribution in [2.75, 3.05) is 12.4 Å². The third-order valence-electron chi connectivity index (χ3n) is 3.90. The average Bonchev–Trinajstić information content (AvgIpc) is 2.87. The predicted molar refractivity (Wildman–Crippen MR) is 79.2 cm³/mol. The highest BCUT2D eigenvalue weighted by Gasteiger charge is 2.37. The van der Waals surface area contributed by atoms with Gasteiger partial charge in [0.1, 0.15) is 11.5 Å². The lowest BCUT2D eigenvalue weighted by molar-refractivity contribution is -0.123. The van der Waals surface area contributed by atoms with Crippen LogP contribution in [0, 0.1) is 11.7 Å². The average molecular weight is 306 g/mol. The van der Waals surface area contributed by atoms with E-state index < -0.39 is 0 Å². The first-order chi connectivity index (χ1) is 10.2. The van der Waals surface area contributed by atoms with Crippen LogP contribution in [-0.4, -0.2) is 17.4 Å². The van der Waals surface area contributed by atoms with Gasteiger partial charge in [0.15, 0.2) is 0 Å². The number of nitrogens with zero attached hydrogens (tertiary/aromatic N) is 1. The van der Waals surface area contributed by atoms with Gasteiger partial charge >= 0.3 is 0 Å². The zero-order valence-corrected chi connectivity index (χ0v) is 12.3. The van der Waals surface area contributed by atoms with Gasteiger partial charge in [-0.25, -0.2) is 4.39 Å². The van der Waals surface area contributed by atoms with Crippen LogP contribution in [0.1, 0.15) is 24.3 Å². The van der Waals surface area contributed by atoms with Crippen LogP contribution in [0.25, 0.3) is 0 Å². The van der Waals surface area contributed by atoms with Crippen LogP contribution in [-0.2, 0) is 4.79 Å². The normalized spacial score (nSPS) is 20.7. The van der Waals surface area contributed by atoms with Crippen molar-refractivity contribution in [1.82, 2.24) is 4.37 Å². The number of ether oxygens (including phenoxy) is 1. The van der Waals surface area contributed by atoms with E-state index in [0.717, 1.165) is 18.4 Å². The summed E-state index contributed by atoms with van der Waals surface area (Å²) in [6.07, 6.45) is 1.79. The van der Waals surface area contributed by atoms with E-state index in [1.165, 1.54) is 30.8 Å². The third-order valence-corrected chi connectivity index (χ3v) is 4.51. The lowest BCUT2D eigenvalue weighted by Gasteiger charge is -2.35. The van der Waals surface area contributed by atoms with Crippen LogP contribution in [0.3, 0.4) is 0 Å². The van der Waals surface area contributed by atoms with E-state index in [0.29, 0.717) is 11.6 Å². The number of carbonyl (C=O) groups excluding carboxylic acids is 1. The van der Waals surface area contributed by atoms with E-state index >= 15 is 0 Å². The standard InChI is InChI=1S/C15H15FN2O2S/c1-20-15-13(8-21-18-15)17-14(19)12-7-6-11(12)9-2-4-10(16)5-3-9/h2-5,8,11-12H,6-7H2,1H3,(H,17,19). The molecule has 0 aliphatic heterocycles. The molecular formula is C15H15FN2O2S. The Bertz CT molecular complexity index is 641. The number of benzene rings is 1. The Labute approximate surface area is 126 Å². The summed E-state index contributed by atoms with van der Waals surface area (Å²) in [5, 5.41) is 4.62. The second-order valence-corrected chi connectivity index (χ2v) is 5.70. The summed E-state index contributed by atoms with van der Waals surface area (Å²) < 4.78 is 22.1. The van der Waals surface area contributed by atoms with E-state index in [9.17, 15) is 9.18 Å². The minimum absolute atomic E-state index is 0.0333. The fraction of sp³-hybridized carbons (Fsp3) is 0.333. The summed E-state index contributed by atoms with van der Waals surface area (Å²) in [5.74, 6) is 0.219. The smallest absolute Gasteiger partial charge is 0.249 e. The van der Waals surface area contributed by atoms with Crippen molar-refractivity contribution >= 4 is 23.1 Å². The van der Waals surface area contributed by atoms with Crippen molar-refractivity contribution in [3.63, 3.8) is 0 Å². The molecule has 2 atom stereocenters. The SMILES string of the molecule is COc1nscc1NC(=O)C1CCC1c1ccc(F)cc1. The Morgan fingerprint density at radius 1 is 1.38 bits per heavy atom. The summed E-state index contributed by atoms with van der Waals surface area (Å²) in [6, 6.07) is 6.39. The topological polar surface area (TPSA) is 51.2 Å². The van der Waals surface area contributed by atoms with Crippen LogP contribution in [0.4, 0.5) is 10.1 Å². The number of carbonyl (C=O) groups is 1. The predicted octanol–water partition coefficient (Wildman–Crippen LogP) is 3.42. The van der Waals surface area contributed by atoms with Gasteiger partial charge in [-0.15, -0.1) is 0 Å². The molecule has 4 nitrogen and oxygen atoms in total. The molecule has 1 aromatic carbocycles. The number of rotatable bonds is 4. The maximum absolute atomic E-state index is 13.0. The van der Waals surface area contributed by atoms with E-state index in [-0.39, 0.29) is 23.6 Å². The quantitative estimate of drug-likeness (QED) is 0.941. The maximum Gasteiger partial charge on any atom is 0.249 e. The molecule has 1 saturated carbocycles. The molecule has 1 aliphatic rings. The molecule has 0 radical (unpaired) electrons. The number of nitrogens with one attached hydrogen (secondary N) is 1. The minimum atomic E-state index is -0.256. The van der Waals surface area contributed by atoms with Crippen molar-refractivity contribution < 1.29 is 13.9 Å². The fourth-order valence-corrected chi connectivity index (χ4v) is 3.19. The highest BCUT2D eigenvalue weighted by molar-refractivity contribution is 7.04. The molecule has 21 heavy (non-hydrogen) atoms. The van der Waals surface area contributed by atoms with E-state index in [1.807, 2.05) is 0 Å². The van der Waals surface area contributed by atoms with Crippen LogP contribution in [0.2, 0.25) is 0 Å². The molecule has 6 heteroatoms. The molecule has 0 bridgehead atoms. The Morgan fingerprint density at radius 3 is 2.76 bits per heavy atom. The van der Waals surface area contributed by atoms with Gasteiger partial charge in [-0.05, 0) is 48.0 Å². The van der Waals surface area contributed by atoms with Crippen molar-refractivity contribution in [1.29, 1.82) is 0 Å². The molecule has 1 heterocycles.